The predicted octanol–water partition coefficient (Wildman–Crippen LogP) is 1.81. The van der Waals surface area contributed by atoms with Crippen molar-refractivity contribution in [3.63, 3.8) is 0 Å². The number of aromatic nitrogens is 6. The van der Waals surface area contributed by atoms with Crippen LogP contribution in [0.2, 0.25) is 0 Å². The number of aromatic amines is 1. The molecular formula is C15H13N7OS. The second-order valence-electron chi connectivity index (χ2n) is 5.24. The van der Waals surface area contributed by atoms with Gasteiger partial charge in [-0.05, 0) is 36.6 Å². The summed E-state index contributed by atoms with van der Waals surface area (Å²) in [6.45, 7) is 2.05. The van der Waals surface area contributed by atoms with Crippen LogP contribution in [-0.2, 0) is 6.54 Å². The lowest BCUT2D eigenvalue weighted by atomic mass is 10.2. The van der Waals surface area contributed by atoms with Gasteiger partial charge in [0.25, 0.3) is 5.91 Å². The topological polar surface area (TPSA) is 101 Å². The highest BCUT2D eigenvalue weighted by molar-refractivity contribution is 7.08. The fraction of sp³-hybridized carbons (Fsp3) is 0.133. The van der Waals surface area contributed by atoms with Gasteiger partial charge in [0.15, 0.2) is 11.5 Å². The van der Waals surface area contributed by atoms with Crippen LogP contribution < -0.4 is 5.32 Å². The van der Waals surface area contributed by atoms with E-state index in [1.54, 1.807) is 21.9 Å². The van der Waals surface area contributed by atoms with Gasteiger partial charge < -0.3 is 5.32 Å². The smallest absolute Gasteiger partial charge is 0.272 e. The van der Waals surface area contributed by atoms with Gasteiger partial charge in [-0.1, -0.05) is 0 Å². The number of aryl methyl sites for hydroxylation is 1. The van der Waals surface area contributed by atoms with Gasteiger partial charge in [-0.15, -0.1) is 10.2 Å². The van der Waals surface area contributed by atoms with Crippen molar-refractivity contribution in [2.75, 3.05) is 0 Å². The normalized spacial score (nSPS) is 11.0. The molecule has 2 N–H and O–H groups in total. The van der Waals surface area contributed by atoms with Gasteiger partial charge in [0.05, 0.1) is 12.2 Å². The van der Waals surface area contributed by atoms with Crippen LogP contribution in [0, 0.1) is 6.92 Å². The Morgan fingerprint density at radius 1 is 1.33 bits per heavy atom. The molecule has 0 aliphatic heterocycles. The number of nitrogens with zero attached hydrogens (tertiary/aromatic N) is 5. The Kier molecular flexibility index (Phi) is 3.54. The van der Waals surface area contributed by atoms with Crippen LogP contribution in [-0.4, -0.2) is 35.9 Å². The first kappa shape index (κ1) is 14.5. The molecule has 9 heteroatoms. The molecule has 0 bridgehead atoms. The van der Waals surface area contributed by atoms with E-state index < -0.39 is 0 Å². The lowest BCUT2D eigenvalue weighted by molar-refractivity contribution is 0.0944. The number of hydrogen-bond acceptors (Lipinski definition) is 6. The van der Waals surface area contributed by atoms with Gasteiger partial charge >= 0.3 is 0 Å². The van der Waals surface area contributed by atoms with Gasteiger partial charge in [-0.2, -0.15) is 26.0 Å². The first-order valence-electron chi connectivity index (χ1n) is 7.25. The Balaban J connectivity index is 1.58. The van der Waals surface area contributed by atoms with Crippen molar-refractivity contribution in [3.8, 4) is 11.3 Å². The van der Waals surface area contributed by atoms with Gasteiger partial charge in [0, 0.05) is 16.6 Å². The standard InChI is InChI=1S/C15H13N7OS/c1-9-6-12(18-17-9)15(23)16-7-14-20-19-13-3-2-11(21-22(13)14)10-4-5-24-8-10/h2-6,8H,7H2,1H3,(H,16,23)(H,17,18). The quantitative estimate of drug-likeness (QED) is 0.590. The monoisotopic (exact) mass is 339 g/mol. The molecule has 4 aromatic heterocycles. The lowest BCUT2D eigenvalue weighted by Crippen LogP contribution is -2.24. The molecule has 4 aromatic rings. The minimum Gasteiger partial charge on any atom is -0.343 e. The molecule has 0 radical (unpaired) electrons. The molecule has 8 nitrogen and oxygen atoms in total. The number of nitrogens with one attached hydrogen (secondary N) is 2. The van der Waals surface area contributed by atoms with E-state index in [1.807, 2.05) is 35.9 Å². The molecule has 0 aliphatic rings. The molecule has 120 valence electrons. The zero-order chi connectivity index (χ0) is 16.5. The van der Waals surface area contributed by atoms with Crippen molar-refractivity contribution in [2.45, 2.75) is 13.5 Å². The largest absolute Gasteiger partial charge is 0.343 e. The van der Waals surface area contributed by atoms with Crippen LogP contribution in [0.15, 0.2) is 35.0 Å². The van der Waals surface area contributed by atoms with E-state index in [4.69, 9.17) is 0 Å². The molecule has 0 fully saturated rings. The number of thiophene rings is 1. The lowest BCUT2D eigenvalue weighted by Gasteiger charge is -2.03. The van der Waals surface area contributed by atoms with Crippen molar-refractivity contribution in [3.05, 3.63) is 52.2 Å². The molecule has 0 unspecified atom stereocenters. The molecule has 0 saturated heterocycles. The molecule has 0 aliphatic carbocycles. The molecule has 0 saturated carbocycles. The summed E-state index contributed by atoms with van der Waals surface area (Å²) in [5.41, 5.74) is 3.67. The van der Waals surface area contributed by atoms with Gasteiger partial charge in [-0.25, -0.2) is 0 Å². The molecular weight excluding hydrogens is 326 g/mol. The van der Waals surface area contributed by atoms with Gasteiger partial charge in [0.2, 0.25) is 0 Å². The van der Waals surface area contributed by atoms with Crippen LogP contribution >= 0.6 is 11.3 Å². The second kappa shape index (κ2) is 5.85. The van der Waals surface area contributed by atoms with Crippen molar-refractivity contribution in [1.82, 2.24) is 35.3 Å². The summed E-state index contributed by atoms with van der Waals surface area (Å²) >= 11 is 1.61. The highest BCUT2D eigenvalue weighted by Crippen LogP contribution is 2.20. The number of carbonyl (C=O) groups is 1. The van der Waals surface area contributed by atoms with Crippen LogP contribution in [0.4, 0.5) is 0 Å². The van der Waals surface area contributed by atoms with Crippen molar-refractivity contribution in [2.24, 2.45) is 0 Å². The molecule has 1 amide bonds. The summed E-state index contributed by atoms with van der Waals surface area (Å²) in [5.74, 6) is 0.285. The van der Waals surface area contributed by atoms with Crippen LogP contribution in [0.1, 0.15) is 22.0 Å². The highest BCUT2D eigenvalue weighted by atomic mass is 32.1. The van der Waals surface area contributed by atoms with E-state index >= 15 is 0 Å². The van der Waals surface area contributed by atoms with E-state index in [0.29, 0.717) is 17.2 Å². The van der Waals surface area contributed by atoms with E-state index in [0.717, 1.165) is 17.0 Å². The SMILES string of the molecule is Cc1cc(C(=O)NCc2nnc3ccc(-c4ccsc4)nn23)n[nH]1. The number of hydrogen-bond donors (Lipinski definition) is 2. The number of amides is 1. The van der Waals surface area contributed by atoms with E-state index in [-0.39, 0.29) is 12.5 Å². The van der Waals surface area contributed by atoms with Gasteiger partial charge in [0.1, 0.15) is 5.69 Å². The minimum absolute atomic E-state index is 0.214. The van der Waals surface area contributed by atoms with E-state index in [1.165, 1.54) is 0 Å². The number of rotatable bonds is 4. The minimum atomic E-state index is -0.273. The summed E-state index contributed by atoms with van der Waals surface area (Å²) in [6, 6.07) is 7.45. The number of carbonyl (C=O) groups excluding carboxylic acids is 1. The first-order valence-corrected chi connectivity index (χ1v) is 8.19. The van der Waals surface area contributed by atoms with Crippen LogP contribution in [0.5, 0.6) is 0 Å². The third-order valence-electron chi connectivity index (χ3n) is 3.49. The van der Waals surface area contributed by atoms with Crippen LogP contribution in [0.3, 0.4) is 0 Å². The van der Waals surface area contributed by atoms with E-state index in [2.05, 4.69) is 30.8 Å². The van der Waals surface area contributed by atoms with E-state index in [9.17, 15) is 4.79 Å². The maximum atomic E-state index is 12.1. The summed E-state index contributed by atoms with van der Waals surface area (Å²) in [7, 11) is 0. The Hall–Kier alpha value is -3.07. The highest BCUT2D eigenvalue weighted by Gasteiger charge is 2.13. The summed E-state index contributed by atoms with van der Waals surface area (Å²) < 4.78 is 1.64. The maximum absolute atomic E-state index is 12.1. The van der Waals surface area contributed by atoms with Crippen molar-refractivity contribution >= 4 is 22.9 Å². The van der Waals surface area contributed by atoms with Crippen molar-refractivity contribution in [1.29, 1.82) is 0 Å². The number of H-pyrrole nitrogens is 1. The Labute approximate surface area is 140 Å². The first-order chi connectivity index (χ1) is 11.7. The average molecular weight is 339 g/mol. The number of fused-ring (bicyclic) bond motifs is 1. The molecule has 24 heavy (non-hydrogen) atoms. The van der Waals surface area contributed by atoms with Crippen molar-refractivity contribution < 1.29 is 4.79 Å². The summed E-state index contributed by atoms with van der Waals surface area (Å²) in [6.07, 6.45) is 0. The second-order valence-corrected chi connectivity index (χ2v) is 6.02. The fourth-order valence-corrected chi connectivity index (χ4v) is 2.94. The third kappa shape index (κ3) is 2.65. The molecule has 4 rings (SSSR count). The molecule has 0 spiro atoms. The molecule has 0 aromatic carbocycles. The Morgan fingerprint density at radius 3 is 3.00 bits per heavy atom. The summed E-state index contributed by atoms with van der Waals surface area (Å²) in [4.78, 5) is 12.1. The third-order valence-corrected chi connectivity index (χ3v) is 4.17. The molecule has 4 heterocycles. The Bertz CT molecular complexity index is 1000. The predicted molar refractivity (Wildman–Crippen MR) is 88.6 cm³/mol. The Morgan fingerprint density at radius 2 is 2.25 bits per heavy atom. The average Bonchev–Trinajstić information content (AvgIpc) is 3.33. The fourth-order valence-electron chi connectivity index (χ4n) is 2.29. The zero-order valence-corrected chi connectivity index (χ0v) is 13.5. The zero-order valence-electron chi connectivity index (χ0n) is 12.7. The van der Waals surface area contributed by atoms with Crippen LogP contribution in [0.25, 0.3) is 16.9 Å². The summed E-state index contributed by atoms with van der Waals surface area (Å²) in [5, 5.41) is 26.2. The van der Waals surface area contributed by atoms with Gasteiger partial charge in [-0.3, -0.25) is 9.89 Å². The molecule has 0 atom stereocenters. The maximum Gasteiger partial charge on any atom is 0.272 e.